The number of amides is 3. The summed E-state index contributed by atoms with van der Waals surface area (Å²) in [5.74, 6) is -6.53. The number of halogens is 1. The summed E-state index contributed by atoms with van der Waals surface area (Å²) in [7, 11) is -3.30. The number of nitrogen functional groups attached to an aromatic ring is 1. The number of carboxylic acid groups (broad SMARTS) is 2. The lowest BCUT2D eigenvalue weighted by Crippen LogP contribution is -2.71. The number of benzene rings is 1. The third-order valence-corrected chi connectivity index (χ3v) is 13.3. The van der Waals surface area contributed by atoms with Crippen LogP contribution in [-0.4, -0.2) is 127 Å². The molecule has 23 heteroatoms. The number of thiazole rings is 1. The topological polar surface area (TPSA) is 288 Å². The summed E-state index contributed by atoms with van der Waals surface area (Å²) >= 11 is 9.40. The van der Waals surface area contributed by atoms with Crippen molar-refractivity contribution in [3.63, 3.8) is 0 Å². The molecule has 8 N–H and O–H groups in total. The number of nitrogens with two attached hydrogens (primary N) is 1. The van der Waals surface area contributed by atoms with Crippen molar-refractivity contribution in [3.8, 4) is 11.5 Å². The molecule has 1 unspecified atom stereocenters. The van der Waals surface area contributed by atoms with Crippen LogP contribution in [0.25, 0.3) is 0 Å². The van der Waals surface area contributed by atoms with E-state index in [4.69, 9.17) is 22.2 Å². The fourth-order valence-electron chi connectivity index (χ4n) is 5.52. The van der Waals surface area contributed by atoms with E-state index in [0.717, 1.165) is 22.3 Å². The number of aromatic nitrogens is 1. The van der Waals surface area contributed by atoms with Crippen LogP contribution in [0, 0.1) is 5.92 Å². The summed E-state index contributed by atoms with van der Waals surface area (Å²) in [4.78, 5) is 74.0. The van der Waals surface area contributed by atoms with Crippen molar-refractivity contribution in [1.29, 1.82) is 0 Å². The van der Waals surface area contributed by atoms with Gasteiger partial charge in [0.2, 0.25) is 6.10 Å². The van der Waals surface area contributed by atoms with Gasteiger partial charge >= 0.3 is 11.9 Å². The fourth-order valence-corrected chi connectivity index (χ4v) is 10.2. The van der Waals surface area contributed by atoms with Gasteiger partial charge in [-0.1, -0.05) is 16.8 Å². The lowest BCUT2D eigenvalue weighted by molar-refractivity contribution is -0.154. The van der Waals surface area contributed by atoms with E-state index in [9.17, 15) is 52.8 Å². The first-order valence-corrected chi connectivity index (χ1v) is 20.5. The maximum atomic E-state index is 13.5. The predicted molar refractivity (Wildman–Crippen MR) is 191 cm³/mol. The summed E-state index contributed by atoms with van der Waals surface area (Å²) in [5.41, 5.74) is 5.34. The molecule has 5 rings (SSSR count). The van der Waals surface area contributed by atoms with E-state index in [1.807, 2.05) is 0 Å². The molecule has 3 amide bonds. The number of phenolic OH excluding ortho intramolecular Hbond substituents is 2. The summed E-state index contributed by atoms with van der Waals surface area (Å²) < 4.78 is 23.7. The Hall–Kier alpha value is -4.25. The number of oxime groups is 1. The molecule has 3 aliphatic rings. The van der Waals surface area contributed by atoms with E-state index in [1.165, 1.54) is 35.0 Å². The Kier molecular flexibility index (Phi) is 12.1. The summed E-state index contributed by atoms with van der Waals surface area (Å²) in [6.45, 7) is 0.150. The number of β-lactam (4-membered cyclic amide) rings is 1. The molecule has 2 aromatic rings. The van der Waals surface area contributed by atoms with Gasteiger partial charge in [-0.3, -0.25) is 19.3 Å². The number of fused-ring (bicyclic) bond motifs is 1. The van der Waals surface area contributed by atoms with E-state index in [0.29, 0.717) is 11.3 Å². The van der Waals surface area contributed by atoms with Gasteiger partial charge in [0, 0.05) is 35.1 Å². The summed E-state index contributed by atoms with van der Waals surface area (Å²) in [6.07, 6.45) is -1.54. The van der Waals surface area contributed by atoms with Crippen LogP contribution in [0.3, 0.4) is 0 Å². The minimum Gasteiger partial charge on any atom is -0.504 e. The number of rotatable bonds is 14. The van der Waals surface area contributed by atoms with Crippen LogP contribution < -0.4 is 16.4 Å². The standard InChI is InChI=1S/C29H31ClN6O12S4/c30-17-14(1-2-16(37)21(17)38)23(39)32-5-6-49-9-13-10-50-26-19(25(41)36(26)20(13)27(42)43)34-24(40)18(15-11-51-29(31)33-15)35-48-22(28(44)45)12-3-7-52(46,47)8-4-12/h1-2,11-12,19,22,26,37-38H,3-10H2,(H2,31,33)(H,32,39)(H,34,40)(H,42,43)(H,44,45)/b35-18-/t19-,22?,26-/m1/s1. The zero-order valence-corrected chi connectivity index (χ0v) is 30.7. The number of phenols is 2. The molecule has 4 heterocycles. The van der Waals surface area contributed by atoms with Gasteiger partial charge in [0.1, 0.15) is 32.6 Å². The fraction of sp³-hybridized carbons (Fsp3) is 0.414. The first-order chi connectivity index (χ1) is 24.6. The molecule has 0 saturated carbocycles. The minimum absolute atomic E-state index is 0.0181. The van der Waals surface area contributed by atoms with Gasteiger partial charge in [-0.2, -0.15) is 11.8 Å². The Balaban J connectivity index is 1.22. The molecule has 280 valence electrons. The van der Waals surface area contributed by atoms with Crippen molar-refractivity contribution in [2.75, 3.05) is 41.0 Å². The van der Waals surface area contributed by atoms with E-state index in [1.54, 1.807) is 0 Å². The Morgan fingerprint density at radius 2 is 1.90 bits per heavy atom. The van der Waals surface area contributed by atoms with Gasteiger partial charge in [0.05, 0.1) is 22.1 Å². The molecule has 3 atom stereocenters. The van der Waals surface area contributed by atoms with Gasteiger partial charge in [-0.05, 0) is 30.5 Å². The lowest BCUT2D eigenvalue weighted by atomic mass is 9.96. The van der Waals surface area contributed by atoms with Crippen LogP contribution in [0.15, 0.2) is 33.9 Å². The number of thioether (sulfide) groups is 2. The smallest absolute Gasteiger partial charge is 0.352 e. The molecule has 52 heavy (non-hydrogen) atoms. The molecule has 1 aromatic carbocycles. The van der Waals surface area contributed by atoms with Crippen LogP contribution in [-0.2, 0) is 33.9 Å². The highest BCUT2D eigenvalue weighted by atomic mass is 35.5. The monoisotopic (exact) mass is 818 g/mol. The summed E-state index contributed by atoms with van der Waals surface area (Å²) in [6, 6.07) is 1.19. The first-order valence-electron chi connectivity index (χ1n) is 15.2. The molecule has 2 fully saturated rings. The number of hydrogen-bond acceptors (Lipinski definition) is 16. The van der Waals surface area contributed by atoms with Crippen LogP contribution in [0.5, 0.6) is 11.5 Å². The minimum atomic E-state index is -3.30. The Morgan fingerprint density at radius 3 is 2.54 bits per heavy atom. The number of aromatic hydroxyl groups is 2. The average molecular weight is 819 g/mol. The maximum Gasteiger partial charge on any atom is 0.352 e. The number of anilines is 1. The maximum absolute atomic E-state index is 13.5. The van der Waals surface area contributed by atoms with Gasteiger partial charge in [-0.25, -0.2) is 23.0 Å². The van der Waals surface area contributed by atoms with Gasteiger partial charge in [0.25, 0.3) is 17.7 Å². The molecule has 0 spiro atoms. The lowest BCUT2D eigenvalue weighted by Gasteiger charge is -2.49. The highest BCUT2D eigenvalue weighted by Crippen LogP contribution is 2.41. The zero-order valence-electron chi connectivity index (χ0n) is 26.7. The Bertz CT molecular complexity index is 1960. The molecule has 0 bridgehead atoms. The third-order valence-electron chi connectivity index (χ3n) is 8.19. The second kappa shape index (κ2) is 16.2. The number of nitrogens with one attached hydrogen (secondary N) is 2. The van der Waals surface area contributed by atoms with E-state index >= 15 is 0 Å². The molecule has 0 aliphatic carbocycles. The van der Waals surface area contributed by atoms with Crippen LogP contribution in [0.1, 0.15) is 28.9 Å². The first kappa shape index (κ1) is 39.0. The largest absolute Gasteiger partial charge is 0.504 e. The van der Waals surface area contributed by atoms with Gasteiger partial charge in [0.15, 0.2) is 22.3 Å². The SMILES string of the molecule is Nc1nc(/C(=N/OC(C(=O)O)C2CCS(=O)(=O)CC2)C(=O)N[C@@H]2C(=O)N3C(C(=O)O)=C(CSCCNC(=O)c4ccc(O)c(O)c4Cl)CS[C@H]23)cs1. The molecular formula is C29H31ClN6O12S4. The third kappa shape index (κ3) is 8.51. The average Bonchev–Trinajstić information content (AvgIpc) is 3.52. The van der Waals surface area contributed by atoms with Crippen molar-refractivity contribution in [2.24, 2.45) is 11.1 Å². The molecule has 1 aromatic heterocycles. The molecule has 18 nitrogen and oxygen atoms in total. The number of carboxylic acids is 2. The normalized spacial score (nSPS) is 20.8. The predicted octanol–water partition coefficient (Wildman–Crippen LogP) is 0.690. The highest BCUT2D eigenvalue weighted by Gasteiger charge is 2.54. The second-order valence-electron chi connectivity index (χ2n) is 11.6. The van der Waals surface area contributed by atoms with Gasteiger partial charge < -0.3 is 41.6 Å². The number of carbonyl (C=O) groups is 5. The zero-order chi connectivity index (χ0) is 37.9. The van der Waals surface area contributed by atoms with Crippen molar-refractivity contribution < 1.29 is 57.7 Å². The van der Waals surface area contributed by atoms with Crippen molar-refractivity contribution >= 4 is 96.8 Å². The quantitative estimate of drug-likeness (QED) is 0.0454. The van der Waals surface area contributed by atoms with Crippen LogP contribution in [0.2, 0.25) is 5.02 Å². The number of hydrogen-bond donors (Lipinski definition) is 7. The number of sulfone groups is 1. The number of nitrogens with zero attached hydrogens (tertiary/aromatic N) is 3. The molecular weight excluding hydrogens is 788 g/mol. The molecule has 2 saturated heterocycles. The second-order valence-corrected chi connectivity index (χ2v) is 17.4. The van der Waals surface area contributed by atoms with Crippen LogP contribution >= 0.6 is 46.5 Å². The van der Waals surface area contributed by atoms with Gasteiger partial charge in [-0.15, -0.1) is 23.1 Å². The van der Waals surface area contributed by atoms with E-state index in [-0.39, 0.29) is 69.5 Å². The van der Waals surface area contributed by atoms with Crippen molar-refractivity contribution in [2.45, 2.75) is 30.4 Å². The number of carbonyl (C=O) groups excluding carboxylic acids is 3. The van der Waals surface area contributed by atoms with Crippen molar-refractivity contribution in [1.82, 2.24) is 20.5 Å². The summed E-state index contributed by atoms with van der Waals surface area (Å²) in [5, 5.41) is 48.3. The van der Waals surface area contributed by atoms with Crippen molar-refractivity contribution in [3.05, 3.63) is 45.1 Å². The number of aliphatic carboxylic acids is 2. The highest BCUT2D eigenvalue weighted by molar-refractivity contribution is 8.01. The molecule has 0 radical (unpaired) electrons. The molecule has 3 aliphatic heterocycles. The van der Waals surface area contributed by atoms with Crippen LogP contribution in [0.4, 0.5) is 5.13 Å². The van der Waals surface area contributed by atoms with E-state index < -0.39 is 80.1 Å². The Morgan fingerprint density at radius 1 is 1.19 bits per heavy atom. The Labute approximate surface area is 312 Å². The van der Waals surface area contributed by atoms with E-state index in [2.05, 4.69) is 20.8 Å².